The lowest BCUT2D eigenvalue weighted by Crippen LogP contribution is -2.37. The molecule has 0 spiro atoms. The molecule has 2 heteroatoms. The van der Waals surface area contributed by atoms with Gasteiger partial charge in [0.05, 0.1) is 6.10 Å². The fourth-order valence-corrected chi connectivity index (χ4v) is 3.34. The van der Waals surface area contributed by atoms with E-state index in [-0.39, 0.29) is 6.10 Å². The maximum atomic E-state index is 5.95. The quantitative estimate of drug-likeness (QED) is 0.828. The van der Waals surface area contributed by atoms with Crippen LogP contribution in [0, 0.1) is 11.8 Å². The highest BCUT2D eigenvalue weighted by Crippen LogP contribution is 2.32. The van der Waals surface area contributed by atoms with E-state index in [1.54, 1.807) is 0 Å². The van der Waals surface area contributed by atoms with Gasteiger partial charge in [0, 0.05) is 17.6 Å². The van der Waals surface area contributed by atoms with Gasteiger partial charge in [0.15, 0.2) is 0 Å². The van der Waals surface area contributed by atoms with E-state index in [2.05, 4.69) is 64.2 Å². The van der Waals surface area contributed by atoms with Crippen LogP contribution in [0.15, 0.2) is 24.3 Å². The minimum absolute atomic E-state index is 0.217. The predicted octanol–water partition coefficient (Wildman–Crippen LogP) is 4.95. The zero-order valence-corrected chi connectivity index (χ0v) is 14.2. The summed E-state index contributed by atoms with van der Waals surface area (Å²) in [5, 5.41) is 3.82. The van der Waals surface area contributed by atoms with Gasteiger partial charge in [0.25, 0.3) is 0 Å². The summed E-state index contributed by atoms with van der Waals surface area (Å²) in [4.78, 5) is 0. The van der Waals surface area contributed by atoms with Crippen LogP contribution in [0.2, 0.25) is 0 Å². The number of hydrogen-bond donors (Lipinski definition) is 1. The Morgan fingerprint density at radius 1 is 1.05 bits per heavy atom. The minimum Gasteiger partial charge on any atom is -0.491 e. The summed E-state index contributed by atoms with van der Waals surface area (Å²) in [6, 6.07) is 9.40. The summed E-state index contributed by atoms with van der Waals surface area (Å²) in [6.07, 6.45) is 4.14. The molecule has 0 amide bonds. The van der Waals surface area contributed by atoms with Crippen molar-refractivity contribution in [1.29, 1.82) is 0 Å². The van der Waals surface area contributed by atoms with Crippen LogP contribution in [0.25, 0.3) is 0 Å². The first kappa shape index (κ1) is 16.4. The molecule has 0 saturated heterocycles. The molecule has 1 aliphatic rings. The van der Waals surface area contributed by atoms with Crippen molar-refractivity contribution in [3.8, 4) is 5.75 Å². The first-order valence-corrected chi connectivity index (χ1v) is 8.49. The Kier molecular flexibility index (Phi) is 5.69. The largest absolute Gasteiger partial charge is 0.491 e. The summed E-state index contributed by atoms with van der Waals surface area (Å²) in [5.41, 5.74) is 1.28. The molecule has 2 rings (SSSR count). The maximum absolute atomic E-state index is 5.95. The molecule has 1 aromatic rings. The van der Waals surface area contributed by atoms with E-state index in [1.165, 1.54) is 24.8 Å². The second-order valence-electron chi connectivity index (χ2n) is 7.06. The number of hydrogen-bond acceptors (Lipinski definition) is 2. The van der Waals surface area contributed by atoms with Crippen molar-refractivity contribution in [2.75, 3.05) is 0 Å². The molecule has 21 heavy (non-hydrogen) atoms. The van der Waals surface area contributed by atoms with E-state index in [0.29, 0.717) is 12.1 Å². The Labute approximate surface area is 130 Å². The molecule has 0 heterocycles. The maximum Gasteiger partial charge on any atom is 0.124 e. The molecule has 4 unspecified atom stereocenters. The molecule has 4 atom stereocenters. The van der Waals surface area contributed by atoms with Crippen LogP contribution in [0.5, 0.6) is 5.75 Å². The van der Waals surface area contributed by atoms with Crippen LogP contribution >= 0.6 is 0 Å². The zero-order valence-electron chi connectivity index (χ0n) is 14.2. The molecule has 1 aromatic carbocycles. The van der Waals surface area contributed by atoms with E-state index in [9.17, 15) is 0 Å². The third kappa shape index (κ3) is 4.47. The highest BCUT2D eigenvalue weighted by molar-refractivity contribution is 5.35. The molecule has 118 valence electrons. The normalized spacial score (nSPS) is 27.6. The van der Waals surface area contributed by atoms with Gasteiger partial charge in [0.2, 0.25) is 0 Å². The van der Waals surface area contributed by atoms with Gasteiger partial charge in [-0.25, -0.2) is 0 Å². The zero-order chi connectivity index (χ0) is 15.4. The van der Waals surface area contributed by atoms with Crippen LogP contribution in [0.1, 0.15) is 65.5 Å². The van der Waals surface area contributed by atoms with Crippen molar-refractivity contribution in [3.05, 3.63) is 29.8 Å². The number of ether oxygens (including phenoxy) is 1. The molecule has 0 bridgehead atoms. The van der Waals surface area contributed by atoms with E-state index < -0.39 is 0 Å². The lowest BCUT2D eigenvalue weighted by Gasteiger charge is -2.34. The topological polar surface area (TPSA) is 21.3 Å². The average Bonchev–Trinajstić information content (AvgIpc) is 2.43. The third-order valence-electron chi connectivity index (χ3n) is 4.83. The highest BCUT2D eigenvalue weighted by Gasteiger charge is 2.26. The van der Waals surface area contributed by atoms with Gasteiger partial charge in [-0.2, -0.15) is 0 Å². The molecule has 1 N–H and O–H groups in total. The highest BCUT2D eigenvalue weighted by atomic mass is 16.5. The second-order valence-corrected chi connectivity index (χ2v) is 7.06. The first-order valence-electron chi connectivity index (χ1n) is 8.49. The Hall–Kier alpha value is -1.02. The number of rotatable bonds is 5. The molecular formula is C19H31NO. The number of benzene rings is 1. The van der Waals surface area contributed by atoms with Gasteiger partial charge in [-0.3, -0.25) is 0 Å². The van der Waals surface area contributed by atoms with Crippen molar-refractivity contribution in [2.45, 2.75) is 72.1 Å². The van der Waals surface area contributed by atoms with Gasteiger partial charge in [-0.1, -0.05) is 32.0 Å². The molecular weight excluding hydrogens is 258 g/mol. The summed E-state index contributed by atoms with van der Waals surface area (Å²) in [5.74, 6) is 2.71. The molecule has 1 saturated carbocycles. The molecule has 1 aliphatic carbocycles. The summed E-state index contributed by atoms with van der Waals surface area (Å²) in [6.45, 7) is 11.2. The number of para-hydroxylation sites is 1. The molecule has 0 aliphatic heterocycles. The van der Waals surface area contributed by atoms with E-state index in [1.807, 2.05) is 0 Å². The summed E-state index contributed by atoms with van der Waals surface area (Å²) >= 11 is 0. The van der Waals surface area contributed by atoms with Crippen molar-refractivity contribution < 1.29 is 4.74 Å². The molecule has 0 radical (unpaired) electrons. The second kappa shape index (κ2) is 7.31. The van der Waals surface area contributed by atoms with Crippen molar-refractivity contribution >= 4 is 0 Å². The van der Waals surface area contributed by atoms with E-state index in [0.717, 1.165) is 17.6 Å². The molecule has 0 aromatic heterocycles. The lowest BCUT2D eigenvalue weighted by molar-refractivity contribution is 0.212. The van der Waals surface area contributed by atoms with Crippen LogP contribution in [0.4, 0.5) is 0 Å². The van der Waals surface area contributed by atoms with Gasteiger partial charge >= 0.3 is 0 Å². The fourth-order valence-electron chi connectivity index (χ4n) is 3.34. The fraction of sp³-hybridized carbons (Fsp3) is 0.684. The van der Waals surface area contributed by atoms with Gasteiger partial charge in [-0.05, 0) is 57.9 Å². The summed E-state index contributed by atoms with van der Waals surface area (Å²) in [7, 11) is 0. The summed E-state index contributed by atoms with van der Waals surface area (Å²) < 4.78 is 5.95. The first-order chi connectivity index (χ1) is 9.97. The molecule has 1 fully saturated rings. The Balaban J connectivity index is 2.01. The number of nitrogens with one attached hydrogen (secondary N) is 1. The van der Waals surface area contributed by atoms with Crippen LogP contribution in [-0.2, 0) is 0 Å². The Bertz CT molecular complexity index is 443. The predicted molar refractivity (Wildman–Crippen MR) is 89.7 cm³/mol. The van der Waals surface area contributed by atoms with Crippen LogP contribution in [0.3, 0.4) is 0 Å². The van der Waals surface area contributed by atoms with Gasteiger partial charge in [0.1, 0.15) is 5.75 Å². The Morgan fingerprint density at radius 2 is 1.76 bits per heavy atom. The van der Waals surface area contributed by atoms with Crippen LogP contribution < -0.4 is 10.1 Å². The van der Waals surface area contributed by atoms with E-state index >= 15 is 0 Å². The molecule has 2 nitrogen and oxygen atoms in total. The smallest absolute Gasteiger partial charge is 0.124 e. The van der Waals surface area contributed by atoms with E-state index in [4.69, 9.17) is 4.74 Å². The standard InChI is InChI=1S/C19H31NO/c1-13(2)21-19-9-7-6-8-18(19)16(5)20-17-11-10-14(3)15(4)12-17/h6-9,13-17,20H,10-12H2,1-5H3. The lowest BCUT2D eigenvalue weighted by atomic mass is 9.79. The van der Waals surface area contributed by atoms with Gasteiger partial charge in [-0.15, -0.1) is 0 Å². The van der Waals surface area contributed by atoms with Crippen LogP contribution in [-0.4, -0.2) is 12.1 Å². The average molecular weight is 289 g/mol. The third-order valence-corrected chi connectivity index (χ3v) is 4.83. The SMILES string of the molecule is CC(C)Oc1ccccc1C(C)NC1CCC(C)C(C)C1. The Morgan fingerprint density at radius 3 is 2.43 bits per heavy atom. The van der Waals surface area contributed by atoms with Crippen molar-refractivity contribution in [1.82, 2.24) is 5.32 Å². The van der Waals surface area contributed by atoms with Gasteiger partial charge < -0.3 is 10.1 Å². The monoisotopic (exact) mass is 289 g/mol. The van der Waals surface area contributed by atoms with Crippen molar-refractivity contribution in [3.63, 3.8) is 0 Å². The van der Waals surface area contributed by atoms with Crippen molar-refractivity contribution in [2.24, 2.45) is 11.8 Å². The minimum atomic E-state index is 0.217.